The van der Waals surface area contributed by atoms with Gasteiger partial charge in [-0.3, -0.25) is 18.7 Å². The number of halogens is 1. The molecule has 32 heavy (non-hydrogen) atoms. The lowest BCUT2D eigenvalue weighted by molar-refractivity contribution is -0.118. The lowest BCUT2D eigenvalue weighted by Gasteiger charge is -2.14. The highest BCUT2D eigenvalue weighted by Gasteiger charge is 2.24. The molecular weight excluding hydrogens is 433 g/mol. The van der Waals surface area contributed by atoms with Crippen molar-refractivity contribution in [2.24, 2.45) is 14.1 Å². The number of benzene rings is 1. The van der Waals surface area contributed by atoms with E-state index in [1.165, 1.54) is 23.7 Å². The predicted molar refractivity (Wildman–Crippen MR) is 120 cm³/mol. The van der Waals surface area contributed by atoms with Crippen molar-refractivity contribution in [2.75, 3.05) is 5.75 Å². The van der Waals surface area contributed by atoms with E-state index in [0.29, 0.717) is 16.5 Å². The number of carbonyl (C=O) groups is 1. The fourth-order valence-electron chi connectivity index (χ4n) is 3.90. The van der Waals surface area contributed by atoms with Gasteiger partial charge >= 0.3 is 5.69 Å². The molecule has 0 spiro atoms. The Morgan fingerprint density at radius 3 is 2.50 bits per heavy atom. The normalized spacial score (nSPS) is 14.2. The molecule has 0 radical (unpaired) electrons. The van der Waals surface area contributed by atoms with E-state index in [4.69, 9.17) is 0 Å². The molecule has 2 heterocycles. The van der Waals surface area contributed by atoms with Crippen LogP contribution in [0.5, 0.6) is 0 Å². The van der Waals surface area contributed by atoms with Gasteiger partial charge in [-0.05, 0) is 30.5 Å². The fourth-order valence-corrected chi connectivity index (χ4v) is 4.75. The Bertz CT molecular complexity index is 1280. The number of thioether (sulfide) groups is 1. The summed E-state index contributed by atoms with van der Waals surface area (Å²) in [7, 11) is 3.00. The minimum atomic E-state index is -0.477. The largest absolute Gasteiger partial charge is 0.351 e. The Balaban J connectivity index is 1.61. The molecule has 1 N–H and O–H groups in total. The number of nitrogens with zero attached hydrogens (tertiary/aromatic N) is 4. The summed E-state index contributed by atoms with van der Waals surface area (Å²) in [6.45, 7) is 0.272. The third-order valence-electron chi connectivity index (χ3n) is 5.75. The molecule has 3 aromatic rings. The Morgan fingerprint density at radius 1 is 1.12 bits per heavy atom. The van der Waals surface area contributed by atoms with Gasteiger partial charge in [0, 0.05) is 26.6 Å². The van der Waals surface area contributed by atoms with Crippen LogP contribution >= 0.6 is 11.8 Å². The maximum Gasteiger partial charge on any atom is 0.332 e. The van der Waals surface area contributed by atoms with Gasteiger partial charge < -0.3 is 5.32 Å². The van der Waals surface area contributed by atoms with Gasteiger partial charge in [0.25, 0.3) is 5.56 Å². The first-order chi connectivity index (χ1) is 15.3. The van der Waals surface area contributed by atoms with E-state index in [1.807, 2.05) is 0 Å². The Kier molecular flexibility index (Phi) is 6.40. The average Bonchev–Trinajstić information content (AvgIpc) is 3.34. The number of carbonyl (C=O) groups excluding carboxylic acids is 1. The Labute approximate surface area is 187 Å². The lowest BCUT2D eigenvalue weighted by Crippen LogP contribution is -2.38. The van der Waals surface area contributed by atoms with Crippen LogP contribution in [0.1, 0.15) is 43.0 Å². The molecule has 1 fully saturated rings. The molecule has 10 heteroatoms. The Hall–Kier alpha value is -3.01. The number of rotatable bonds is 6. The molecule has 2 aromatic heterocycles. The number of aromatic nitrogens is 4. The first-order valence-corrected chi connectivity index (χ1v) is 11.5. The van der Waals surface area contributed by atoms with Crippen LogP contribution in [0, 0.1) is 5.82 Å². The third-order valence-corrected chi connectivity index (χ3v) is 6.72. The minimum Gasteiger partial charge on any atom is -0.351 e. The summed E-state index contributed by atoms with van der Waals surface area (Å²) in [4.78, 5) is 46.9. The number of fused-ring (bicyclic) bond motifs is 1. The maximum atomic E-state index is 13.0. The van der Waals surface area contributed by atoms with E-state index in [1.54, 1.807) is 19.2 Å². The molecule has 1 aliphatic rings. The molecule has 0 bridgehead atoms. The topological polar surface area (TPSA) is 98.9 Å². The molecule has 8 nitrogen and oxygen atoms in total. The van der Waals surface area contributed by atoms with Crippen molar-refractivity contribution in [3.05, 3.63) is 62.3 Å². The molecule has 0 atom stereocenters. The average molecular weight is 458 g/mol. The van der Waals surface area contributed by atoms with Crippen molar-refractivity contribution in [3.63, 3.8) is 0 Å². The zero-order valence-corrected chi connectivity index (χ0v) is 18.7. The summed E-state index contributed by atoms with van der Waals surface area (Å²) in [5.41, 5.74) is 0.149. The van der Waals surface area contributed by atoms with Crippen molar-refractivity contribution < 1.29 is 9.18 Å². The third kappa shape index (κ3) is 4.45. The summed E-state index contributed by atoms with van der Waals surface area (Å²) >= 11 is 1.15. The first kappa shape index (κ1) is 22.2. The van der Waals surface area contributed by atoms with Crippen LogP contribution < -0.4 is 16.6 Å². The van der Waals surface area contributed by atoms with Crippen LogP contribution in [0.2, 0.25) is 0 Å². The van der Waals surface area contributed by atoms with E-state index in [9.17, 15) is 18.8 Å². The first-order valence-electron chi connectivity index (χ1n) is 10.5. The summed E-state index contributed by atoms with van der Waals surface area (Å²) in [6.07, 6.45) is 4.12. The number of aryl methyl sites for hydroxylation is 1. The van der Waals surface area contributed by atoms with Crippen molar-refractivity contribution in [3.8, 4) is 0 Å². The highest BCUT2D eigenvalue weighted by Crippen LogP contribution is 2.34. The van der Waals surface area contributed by atoms with E-state index < -0.39 is 11.2 Å². The minimum absolute atomic E-state index is 0.0450. The highest BCUT2D eigenvalue weighted by molar-refractivity contribution is 8.00. The molecule has 0 saturated heterocycles. The number of nitrogens with one attached hydrogen (secondary N) is 1. The molecule has 1 amide bonds. The maximum absolute atomic E-state index is 13.0. The second-order valence-corrected chi connectivity index (χ2v) is 8.93. The summed E-state index contributed by atoms with van der Waals surface area (Å²) in [5, 5.41) is 3.44. The second kappa shape index (κ2) is 9.23. The van der Waals surface area contributed by atoms with Crippen LogP contribution in [0.4, 0.5) is 4.39 Å². The van der Waals surface area contributed by atoms with Crippen LogP contribution in [-0.2, 0) is 25.4 Å². The SMILES string of the molecule is Cn1c(=O)c2c(SCC(=O)NCc3ccc(F)cc3)nc(C3CCCC3)nc2n(C)c1=O. The van der Waals surface area contributed by atoms with Gasteiger partial charge in [-0.1, -0.05) is 36.7 Å². The quantitative estimate of drug-likeness (QED) is 0.450. The van der Waals surface area contributed by atoms with Crippen molar-refractivity contribution in [2.45, 2.75) is 43.2 Å². The fraction of sp³-hybridized carbons (Fsp3) is 0.409. The number of hydrogen-bond acceptors (Lipinski definition) is 6. The zero-order valence-electron chi connectivity index (χ0n) is 17.9. The lowest BCUT2D eigenvalue weighted by atomic mass is 10.1. The van der Waals surface area contributed by atoms with Gasteiger partial charge in [0.05, 0.1) is 5.75 Å². The zero-order chi connectivity index (χ0) is 22.8. The molecule has 4 rings (SSSR count). The molecule has 1 aliphatic carbocycles. The van der Waals surface area contributed by atoms with Gasteiger partial charge in [0.1, 0.15) is 22.1 Å². The summed E-state index contributed by atoms with van der Waals surface area (Å²) < 4.78 is 15.4. The van der Waals surface area contributed by atoms with Crippen LogP contribution in [-0.4, -0.2) is 30.8 Å². The van der Waals surface area contributed by atoms with Gasteiger partial charge in [0.15, 0.2) is 5.65 Å². The molecule has 168 valence electrons. The van der Waals surface area contributed by atoms with Gasteiger partial charge in [-0.15, -0.1) is 0 Å². The van der Waals surface area contributed by atoms with Gasteiger partial charge in [-0.25, -0.2) is 19.2 Å². The molecule has 0 unspecified atom stereocenters. The molecule has 1 saturated carbocycles. The molecular formula is C22H24FN5O3S. The van der Waals surface area contributed by atoms with E-state index >= 15 is 0 Å². The number of amides is 1. The van der Waals surface area contributed by atoms with Gasteiger partial charge in [0.2, 0.25) is 5.91 Å². The predicted octanol–water partition coefficient (Wildman–Crippen LogP) is 2.23. The van der Waals surface area contributed by atoms with Crippen LogP contribution in [0.15, 0.2) is 38.9 Å². The smallest absolute Gasteiger partial charge is 0.332 e. The monoisotopic (exact) mass is 457 g/mol. The second-order valence-electron chi connectivity index (χ2n) is 7.96. The Morgan fingerprint density at radius 2 is 1.81 bits per heavy atom. The van der Waals surface area contributed by atoms with Crippen LogP contribution in [0.25, 0.3) is 11.0 Å². The van der Waals surface area contributed by atoms with E-state index in [-0.39, 0.29) is 35.3 Å². The molecule has 0 aliphatic heterocycles. The van der Waals surface area contributed by atoms with Crippen molar-refractivity contribution in [1.29, 1.82) is 0 Å². The summed E-state index contributed by atoms with van der Waals surface area (Å²) in [5.74, 6) is 0.275. The number of hydrogen-bond donors (Lipinski definition) is 1. The standard InChI is InChI=1S/C22H24FN5O3S/c1-27-19-17(21(30)28(2)22(27)31)20(26-18(25-19)14-5-3-4-6-14)32-12-16(29)24-11-13-7-9-15(23)10-8-13/h7-10,14H,3-6,11-12H2,1-2H3,(H,24,29). The van der Waals surface area contributed by atoms with Crippen LogP contribution in [0.3, 0.4) is 0 Å². The molecule has 1 aromatic carbocycles. The van der Waals surface area contributed by atoms with E-state index in [0.717, 1.165) is 47.6 Å². The van der Waals surface area contributed by atoms with Gasteiger partial charge in [-0.2, -0.15) is 0 Å². The van der Waals surface area contributed by atoms with Crippen molar-refractivity contribution in [1.82, 2.24) is 24.4 Å². The van der Waals surface area contributed by atoms with Crippen molar-refractivity contribution >= 4 is 28.7 Å². The van der Waals surface area contributed by atoms with E-state index in [2.05, 4.69) is 15.3 Å². The highest BCUT2D eigenvalue weighted by atomic mass is 32.2. The summed E-state index contributed by atoms with van der Waals surface area (Å²) in [6, 6.07) is 5.90.